The number of carbonyl (C=O) groups excluding carboxylic acids is 1. The zero-order valence-electron chi connectivity index (χ0n) is 13.1. The highest BCUT2D eigenvalue weighted by molar-refractivity contribution is 5.87. The van der Waals surface area contributed by atoms with Gasteiger partial charge in [-0.25, -0.2) is 4.79 Å². The van der Waals surface area contributed by atoms with E-state index in [1.807, 2.05) is 6.08 Å². The second-order valence-electron chi connectivity index (χ2n) is 5.80. The Hall–Kier alpha value is -2.30. The molecule has 3 rings (SSSR count). The Labute approximate surface area is 129 Å². The minimum absolute atomic E-state index is 0.127. The predicted molar refractivity (Wildman–Crippen MR) is 82.2 cm³/mol. The molecule has 0 spiro atoms. The highest BCUT2D eigenvalue weighted by atomic mass is 16.5. The van der Waals surface area contributed by atoms with Crippen LogP contribution in [0, 0.1) is 20.8 Å². The molecular formula is C17H20N2O3. The van der Waals surface area contributed by atoms with Crippen molar-refractivity contribution in [2.75, 3.05) is 0 Å². The van der Waals surface area contributed by atoms with Crippen molar-refractivity contribution in [1.82, 2.24) is 9.72 Å². The minimum Gasteiger partial charge on any atom is -0.456 e. The van der Waals surface area contributed by atoms with E-state index >= 15 is 0 Å². The van der Waals surface area contributed by atoms with Crippen LogP contribution in [0.4, 0.5) is 0 Å². The smallest absolute Gasteiger partial charge is 0.331 e. The molecule has 116 valence electrons. The second kappa shape index (κ2) is 5.83. The van der Waals surface area contributed by atoms with Crippen LogP contribution < -0.4 is 0 Å². The van der Waals surface area contributed by atoms with E-state index < -0.39 is 0 Å². The summed E-state index contributed by atoms with van der Waals surface area (Å²) in [6, 6.07) is 4.50. The number of rotatable bonds is 5. The molecule has 2 heterocycles. The van der Waals surface area contributed by atoms with Gasteiger partial charge in [0.1, 0.15) is 18.1 Å². The molecule has 22 heavy (non-hydrogen) atoms. The van der Waals surface area contributed by atoms with Crippen molar-refractivity contribution < 1.29 is 14.1 Å². The Kier molecular flexibility index (Phi) is 3.88. The van der Waals surface area contributed by atoms with Crippen molar-refractivity contribution in [2.24, 2.45) is 0 Å². The van der Waals surface area contributed by atoms with Crippen LogP contribution in [0.25, 0.3) is 6.08 Å². The van der Waals surface area contributed by atoms with Crippen molar-refractivity contribution in [1.29, 1.82) is 0 Å². The van der Waals surface area contributed by atoms with E-state index in [-0.39, 0.29) is 12.6 Å². The first-order valence-electron chi connectivity index (χ1n) is 7.50. The molecule has 1 saturated carbocycles. The maximum absolute atomic E-state index is 11.8. The van der Waals surface area contributed by atoms with Crippen molar-refractivity contribution in [3.8, 4) is 0 Å². The summed E-state index contributed by atoms with van der Waals surface area (Å²) < 4.78 is 12.4. The number of esters is 1. The number of aryl methyl sites for hydroxylation is 2. The first kappa shape index (κ1) is 14.6. The Morgan fingerprint density at radius 1 is 1.41 bits per heavy atom. The molecule has 5 heteroatoms. The van der Waals surface area contributed by atoms with Gasteiger partial charge in [-0.3, -0.25) is 0 Å². The van der Waals surface area contributed by atoms with Crippen molar-refractivity contribution >= 4 is 12.0 Å². The van der Waals surface area contributed by atoms with E-state index in [0.717, 1.165) is 5.56 Å². The maximum Gasteiger partial charge on any atom is 0.331 e. The molecule has 2 aromatic heterocycles. The van der Waals surface area contributed by atoms with Crippen LogP contribution in [0.5, 0.6) is 0 Å². The summed E-state index contributed by atoms with van der Waals surface area (Å²) >= 11 is 0. The topological polar surface area (TPSA) is 57.3 Å². The fraction of sp³-hybridized carbons (Fsp3) is 0.412. The van der Waals surface area contributed by atoms with Gasteiger partial charge in [0.25, 0.3) is 0 Å². The van der Waals surface area contributed by atoms with Crippen LogP contribution in [-0.2, 0) is 16.1 Å². The lowest BCUT2D eigenvalue weighted by molar-refractivity contribution is -0.139. The molecule has 1 aliphatic carbocycles. The first-order chi connectivity index (χ1) is 10.5. The molecule has 0 aliphatic heterocycles. The molecule has 0 aromatic carbocycles. The lowest BCUT2D eigenvalue weighted by Crippen LogP contribution is -2.01. The third-order valence-corrected chi connectivity index (χ3v) is 3.87. The Balaban J connectivity index is 1.61. The van der Waals surface area contributed by atoms with Gasteiger partial charge >= 0.3 is 5.97 Å². The zero-order chi connectivity index (χ0) is 15.7. The van der Waals surface area contributed by atoms with Crippen molar-refractivity contribution in [3.63, 3.8) is 0 Å². The number of aromatic nitrogens is 2. The standard InChI is InChI=1S/C17H20N2O3/c1-11-8-14(13(3)19(11)16-5-6-16)4-7-17(20)21-10-15-9-12(2)22-18-15/h4,7-9,16H,5-6,10H2,1-3H3/b7-4+. The molecule has 0 bridgehead atoms. The molecule has 0 radical (unpaired) electrons. The number of ether oxygens (including phenoxy) is 1. The Bertz CT molecular complexity index is 720. The fourth-order valence-corrected chi connectivity index (χ4v) is 2.70. The maximum atomic E-state index is 11.8. The molecule has 0 atom stereocenters. The Morgan fingerprint density at radius 3 is 2.82 bits per heavy atom. The van der Waals surface area contributed by atoms with Gasteiger partial charge in [0.05, 0.1) is 0 Å². The highest BCUT2D eigenvalue weighted by Gasteiger charge is 2.26. The molecule has 2 aromatic rings. The SMILES string of the molecule is Cc1cc(COC(=O)/C=C/c2cc(C)n(C3CC3)c2C)no1. The highest BCUT2D eigenvalue weighted by Crippen LogP contribution is 2.38. The van der Waals surface area contributed by atoms with Crippen LogP contribution in [0.2, 0.25) is 0 Å². The molecule has 0 N–H and O–H groups in total. The summed E-state index contributed by atoms with van der Waals surface area (Å²) in [4.78, 5) is 11.8. The monoisotopic (exact) mass is 300 g/mol. The lowest BCUT2D eigenvalue weighted by atomic mass is 10.2. The van der Waals surface area contributed by atoms with Gasteiger partial charge in [-0.15, -0.1) is 0 Å². The van der Waals surface area contributed by atoms with E-state index in [2.05, 4.69) is 29.6 Å². The van der Waals surface area contributed by atoms with E-state index in [0.29, 0.717) is 17.5 Å². The van der Waals surface area contributed by atoms with E-state index in [4.69, 9.17) is 9.26 Å². The fourth-order valence-electron chi connectivity index (χ4n) is 2.70. The normalized spacial score (nSPS) is 14.7. The van der Waals surface area contributed by atoms with Crippen LogP contribution in [0.3, 0.4) is 0 Å². The molecule has 0 amide bonds. The molecule has 1 aliphatic rings. The first-order valence-corrected chi connectivity index (χ1v) is 7.50. The van der Waals surface area contributed by atoms with E-state index in [9.17, 15) is 4.79 Å². The van der Waals surface area contributed by atoms with Gasteiger partial charge < -0.3 is 13.8 Å². The molecule has 5 nitrogen and oxygen atoms in total. The number of nitrogens with zero attached hydrogens (tertiary/aromatic N) is 2. The summed E-state index contributed by atoms with van der Waals surface area (Å²) in [5, 5.41) is 3.78. The van der Waals surface area contributed by atoms with Crippen LogP contribution in [0.1, 0.15) is 47.3 Å². The number of hydrogen-bond donors (Lipinski definition) is 0. The molecular weight excluding hydrogens is 280 g/mol. The van der Waals surface area contributed by atoms with E-state index in [1.165, 1.54) is 30.3 Å². The molecule has 0 saturated heterocycles. The average molecular weight is 300 g/mol. The summed E-state index contributed by atoms with van der Waals surface area (Å²) in [5.74, 6) is 0.325. The van der Waals surface area contributed by atoms with Crippen molar-refractivity contribution in [3.05, 3.63) is 46.6 Å². The zero-order valence-corrected chi connectivity index (χ0v) is 13.1. The van der Waals surface area contributed by atoms with Gasteiger partial charge in [-0.2, -0.15) is 0 Å². The van der Waals surface area contributed by atoms with Crippen LogP contribution >= 0.6 is 0 Å². The van der Waals surface area contributed by atoms with Crippen LogP contribution in [0.15, 0.2) is 22.7 Å². The van der Waals surface area contributed by atoms with Crippen LogP contribution in [-0.4, -0.2) is 15.7 Å². The number of hydrogen-bond acceptors (Lipinski definition) is 4. The Morgan fingerprint density at radius 2 is 2.18 bits per heavy atom. The summed E-state index contributed by atoms with van der Waals surface area (Å²) in [6.45, 7) is 6.12. The van der Waals surface area contributed by atoms with E-state index in [1.54, 1.807) is 13.0 Å². The second-order valence-corrected chi connectivity index (χ2v) is 5.80. The van der Waals surface area contributed by atoms with Gasteiger partial charge in [-0.05, 0) is 51.3 Å². The van der Waals surface area contributed by atoms with Gasteiger partial charge in [0.15, 0.2) is 0 Å². The molecule has 1 fully saturated rings. The van der Waals surface area contributed by atoms with Gasteiger partial charge in [-0.1, -0.05) is 5.16 Å². The predicted octanol–water partition coefficient (Wildman–Crippen LogP) is 3.49. The quantitative estimate of drug-likeness (QED) is 0.626. The molecule has 0 unspecified atom stereocenters. The lowest BCUT2D eigenvalue weighted by Gasteiger charge is -2.06. The van der Waals surface area contributed by atoms with Crippen molar-refractivity contribution in [2.45, 2.75) is 46.3 Å². The summed E-state index contributed by atoms with van der Waals surface area (Å²) in [6.07, 6.45) is 5.78. The number of carbonyl (C=O) groups is 1. The minimum atomic E-state index is -0.378. The largest absolute Gasteiger partial charge is 0.456 e. The third-order valence-electron chi connectivity index (χ3n) is 3.87. The summed E-state index contributed by atoms with van der Waals surface area (Å²) in [7, 11) is 0. The van der Waals surface area contributed by atoms with Gasteiger partial charge in [0, 0.05) is 29.6 Å². The summed E-state index contributed by atoms with van der Waals surface area (Å²) in [5.41, 5.74) is 4.13. The van der Waals surface area contributed by atoms with Gasteiger partial charge in [0.2, 0.25) is 0 Å². The third kappa shape index (κ3) is 3.13. The average Bonchev–Trinajstić information content (AvgIpc) is 3.15.